The molecule has 1 saturated heterocycles. The van der Waals surface area contributed by atoms with Crippen molar-refractivity contribution in [2.45, 2.75) is 25.4 Å². The number of hydrogen-bond acceptors (Lipinski definition) is 4. The number of nitro groups is 1. The van der Waals surface area contributed by atoms with E-state index in [9.17, 15) is 14.5 Å². The van der Waals surface area contributed by atoms with E-state index in [4.69, 9.17) is 0 Å². The van der Waals surface area contributed by atoms with Crippen LogP contribution in [0, 0.1) is 15.9 Å². The van der Waals surface area contributed by atoms with E-state index in [1.54, 1.807) is 6.07 Å². The standard InChI is InChI=1S/C12H15FN2O2S/c13-12-9(2-1-3-11(12)15(16)17)8-14-10-4-6-18-7-5-10/h1-3,10,14H,4-8H2. The van der Waals surface area contributed by atoms with Crippen LogP contribution in [0.25, 0.3) is 0 Å². The highest BCUT2D eigenvalue weighted by Crippen LogP contribution is 2.21. The number of halogens is 1. The number of benzene rings is 1. The zero-order chi connectivity index (χ0) is 13.0. The Morgan fingerprint density at radius 3 is 2.83 bits per heavy atom. The molecule has 1 N–H and O–H groups in total. The second kappa shape index (κ2) is 6.15. The van der Waals surface area contributed by atoms with Gasteiger partial charge in [0.05, 0.1) is 4.92 Å². The summed E-state index contributed by atoms with van der Waals surface area (Å²) in [4.78, 5) is 9.94. The van der Waals surface area contributed by atoms with Crippen LogP contribution in [-0.2, 0) is 6.54 Å². The lowest BCUT2D eigenvalue weighted by atomic mass is 10.1. The zero-order valence-corrected chi connectivity index (χ0v) is 10.7. The Kier molecular flexibility index (Phi) is 4.54. The van der Waals surface area contributed by atoms with Crippen molar-refractivity contribution in [3.8, 4) is 0 Å². The molecule has 0 bridgehead atoms. The topological polar surface area (TPSA) is 55.2 Å². The number of nitro benzene ring substituents is 1. The van der Waals surface area contributed by atoms with Gasteiger partial charge in [0, 0.05) is 24.2 Å². The first-order chi connectivity index (χ1) is 8.68. The lowest BCUT2D eigenvalue weighted by Gasteiger charge is -2.22. The second-order valence-corrected chi connectivity index (χ2v) is 5.50. The largest absolute Gasteiger partial charge is 0.310 e. The van der Waals surface area contributed by atoms with E-state index >= 15 is 0 Å². The quantitative estimate of drug-likeness (QED) is 0.675. The smallest absolute Gasteiger partial charge is 0.305 e. The highest BCUT2D eigenvalue weighted by molar-refractivity contribution is 7.99. The van der Waals surface area contributed by atoms with Gasteiger partial charge in [-0.2, -0.15) is 16.2 Å². The molecule has 0 spiro atoms. The summed E-state index contributed by atoms with van der Waals surface area (Å²) in [6.07, 6.45) is 2.14. The lowest BCUT2D eigenvalue weighted by Crippen LogP contribution is -2.32. The monoisotopic (exact) mass is 270 g/mol. The molecular weight excluding hydrogens is 255 g/mol. The van der Waals surface area contributed by atoms with E-state index in [0.717, 1.165) is 24.3 Å². The van der Waals surface area contributed by atoms with E-state index in [2.05, 4.69) is 5.32 Å². The van der Waals surface area contributed by atoms with E-state index in [1.165, 1.54) is 12.1 Å². The summed E-state index contributed by atoms with van der Waals surface area (Å²) in [5.41, 5.74) is -0.0871. The van der Waals surface area contributed by atoms with Crippen LogP contribution in [0.1, 0.15) is 18.4 Å². The summed E-state index contributed by atoms with van der Waals surface area (Å²) in [6, 6.07) is 4.70. The summed E-state index contributed by atoms with van der Waals surface area (Å²) in [6.45, 7) is 0.350. The van der Waals surface area contributed by atoms with Crippen LogP contribution in [0.3, 0.4) is 0 Å². The summed E-state index contributed by atoms with van der Waals surface area (Å²) >= 11 is 1.93. The predicted molar refractivity (Wildman–Crippen MR) is 70.2 cm³/mol. The van der Waals surface area contributed by atoms with Crippen LogP contribution in [-0.4, -0.2) is 22.5 Å². The minimum absolute atomic E-state index is 0.350. The Balaban J connectivity index is 2.00. The molecule has 1 heterocycles. The lowest BCUT2D eigenvalue weighted by molar-refractivity contribution is -0.387. The van der Waals surface area contributed by atoms with Crippen molar-refractivity contribution in [2.75, 3.05) is 11.5 Å². The van der Waals surface area contributed by atoms with Crippen LogP contribution in [0.15, 0.2) is 18.2 Å². The maximum absolute atomic E-state index is 13.8. The Labute approximate surface area is 109 Å². The molecule has 0 radical (unpaired) electrons. The molecule has 0 unspecified atom stereocenters. The Bertz CT molecular complexity index is 436. The molecule has 1 aromatic carbocycles. The van der Waals surface area contributed by atoms with Gasteiger partial charge in [-0.25, -0.2) is 0 Å². The highest BCUT2D eigenvalue weighted by Gasteiger charge is 2.18. The number of rotatable bonds is 4. The van der Waals surface area contributed by atoms with Crippen LogP contribution in [0.5, 0.6) is 0 Å². The van der Waals surface area contributed by atoms with Crippen molar-refractivity contribution in [3.63, 3.8) is 0 Å². The minimum Gasteiger partial charge on any atom is -0.310 e. The first kappa shape index (κ1) is 13.3. The molecule has 6 heteroatoms. The number of hydrogen-bond donors (Lipinski definition) is 1. The molecule has 1 fully saturated rings. The summed E-state index contributed by atoms with van der Waals surface area (Å²) in [5, 5.41) is 13.9. The highest BCUT2D eigenvalue weighted by atomic mass is 32.2. The van der Waals surface area contributed by atoms with E-state index < -0.39 is 16.4 Å². The van der Waals surface area contributed by atoms with Crippen molar-refractivity contribution in [1.82, 2.24) is 5.32 Å². The fourth-order valence-electron chi connectivity index (χ4n) is 2.00. The molecule has 0 amide bonds. The van der Waals surface area contributed by atoms with Crippen molar-refractivity contribution < 1.29 is 9.31 Å². The van der Waals surface area contributed by atoms with Gasteiger partial charge < -0.3 is 5.32 Å². The van der Waals surface area contributed by atoms with Gasteiger partial charge in [0.1, 0.15) is 0 Å². The molecule has 0 saturated carbocycles. The van der Waals surface area contributed by atoms with Crippen LogP contribution in [0.4, 0.5) is 10.1 Å². The van der Waals surface area contributed by atoms with Crippen molar-refractivity contribution >= 4 is 17.4 Å². The van der Waals surface area contributed by atoms with E-state index in [0.29, 0.717) is 18.2 Å². The third kappa shape index (κ3) is 3.20. The fraction of sp³-hybridized carbons (Fsp3) is 0.500. The molecule has 0 aliphatic carbocycles. The zero-order valence-electron chi connectivity index (χ0n) is 9.89. The van der Waals surface area contributed by atoms with E-state index in [1.807, 2.05) is 11.8 Å². The second-order valence-electron chi connectivity index (χ2n) is 4.27. The van der Waals surface area contributed by atoms with E-state index in [-0.39, 0.29) is 0 Å². The Morgan fingerprint density at radius 2 is 2.17 bits per heavy atom. The minimum atomic E-state index is -0.722. The van der Waals surface area contributed by atoms with Gasteiger partial charge >= 0.3 is 5.69 Å². The van der Waals surface area contributed by atoms with Gasteiger partial charge in [-0.05, 0) is 24.3 Å². The number of thioether (sulfide) groups is 1. The molecule has 4 nitrogen and oxygen atoms in total. The molecule has 0 atom stereocenters. The maximum Gasteiger partial charge on any atom is 0.305 e. The van der Waals surface area contributed by atoms with Gasteiger partial charge in [-0.15, -0.1) is 0 Å². The normalized spacial score (nSPS) is 16.7. The third-order valence-corrected chi connectivity index (χ3v) is 4.11. The Morgan fingerprint density at radius 1 is 1.44 bits per heavy atom. The molecule has 98 valence electrons. The van der Waals surface area contributed by atoms with Gasteiger partial charge in [0.2, 0.25) is 5.82 Å². The molecule has 1 aliphatic rings. The van der Waals surface area contributed by atoms with Crippen molar-refractivity contribution in [2.24, 2.45) is 0 Å². The van der Waals surface area contributed by atoms with Gasteiger partial charge in [-0.1, -0.05) is 12.1 Å². The average molecular weight is 270 g/mol. The molecular formula is C12H15FN2O2S. The van der Waals surface area contributed by atoms with Crippen LogP contribution >= 0.6 is 11.8 Å². The maximum atomic E-state index is 13.8. The summed E-state index contributed by atoms with van der Waals surface area (Å²) in [7, 11) is 0. The van der Waals surface area contributed by atoms with Crippen LogP contribution < -0.4 is 5.32 Å². The SMILES string of the molecule is O=[N+]([O-])c1cccc(CNC2CCSCC2)c1F. The molecule has 0 aromatic heterocycles. The molecule has 1 aliphatic heterocycles. The van der Waals surface area contributed by atoms with Gasteiger partial charge in [-0.3, -0.25) is 10.1 Å². The van der Waals surface area contributed by atoms with Crippen molar-refractivity contribution in [1.29, 1.82) is 0 Å². The molecule has 1 aromatic rings. The summed E-state index contributed by atoms with van der Waals surface area (Å²) < 4.78 is 13.8. The average Bonchev–Trinajstić information content (AvgIpc) is 2.38. The molecule has 2 rings (SSSR count). The molecule has 18 heavy (non-hydrogen) atoms. The number of nitrogens with zero attached hydrogens (tertiary/aromatic N) is 1. The van der Waals surface area contributed by atoms with Gasteiger partial charge in [0.25, 0.3) is 0 Å². The first-order valence-corrected chi connectivity index (χ1v) is 7.07. The first-order valence-electron chi connectivity index (χ1n) is 5.91. The fourth-order valence-corrected chi connectivity index (χ4v) is 3.11. The van der Waals surface area contributed by atoms with Crippen LogP contribution in [0.2, 0.25) is 0 Å². The third-order valence-electron chi connectivity index (χ3n) is 3.06. The van der Waals surface area contributed by atoms with Gasteiger partial charge in [0.15, 0.2) is 0 Å². The predicted octanol–water partition coefficient (Wildman–Crippen LogP) is 2.72. The summed E-state index contributed by atoms with van der Waals surface area (Å²) in [5.74, 6) is 1.52. The van der Waals surface area contributed by atoms with Crippen molar-refractivity contribution in [3.05, 3.63) is 39.7 Å². The Hall–Kier alpha value is -1.14. The number of nitrogens with one attached hydrogen (secondary N) is 1.